The van der Waals surface area contributed by atoms with Crippen LogP contribution in [0.3, 0.4) is 0 Å². The number of carbonyl (C=O) groups excluding carboxylic acids is 2. The maximum Gasteiger partial charge on any atom is 0.243 e. The first kappa shape index (κ1) is 19.9. The summed E-state index contributed by atoms with van der Waals surface area (Å²) in [4.78, 5) is 24.2. The Balaban J connectivity index is 1.89. The topological polar surface area (TPSA) is 58.2 Å². The van der Waals surface area contributed by atoms with E-state index in [1.807, 2.05) is 32.0 Å². The number of hydrogen-bond acceptors (Lipinski definition) is 3. The number of carbonyl (C=O) groups is 2. The van der Waals surface area contributed by atoms with E-state index in [4.69, 9.17) is 0 Å². The lowest BCUT2D eigenvalue weighted by atomic mass is 10.1. The van der Waals surface area contributed by atoms with Crippen molar-refractivity contribution in [1.82, 2.24) is 5.32 Å². The molecule has 0 aliphatic rings. The zero-order valence-corrected chi connectivity index (χ0v) is 15.5. The number of para-hydroxylation sites is 1. The van der Waals surface area contributed by atoms with Crippen LogP contribution in [0.15, 0.2) is 41.3 Å². The molecule has 0 saturated heterocycles. The Morgan fingerprint density at radius 2 is 1.77 bits per heavy atom. The Hall–Kier alpha value is -2.41. The van der Waals surface area contributed by atoms with Crippen molar-refractivity contribution in [3.63, 3.8) is 0 Å². The second-order valence-electron chi connectivity index (χ2n) is 5.87. The van der Waals surface area contributed by atoms with Gasteiger partial charge < -0.3 is 10.6 Å². The van der Waals surface area contributed by atoms with Crippen LogP contribution in [0.4, 0.5) is 14.5 Å². The van der Waals surface area contributed by atoms with Gasteiger partial charge in [0.2, 0.25) is 11.8 Å². The van der Waals surface area contributed by atoms with E-state index in [2.05, 4.69) is 10.6 Å². The molecule has 26 heavy (non-hydrogen) atoms. The number of hydrogen-bond donors (Lipinski definition) is 2. The van der Waals surface area contributed by atoms with Gasteiger partial charge in [0.15, 0.2) is 0 Å². The molecular weight excluding hydrogens is 358 g/mol. The minimum atomic E-state index is -0.681. The number of rotatable bonds is 6. The highest BCUT2D eigenvalue weighted by molar-refractivity contribution is 8.00. The first-order valence-corrected chi connectivity index (χ1v) is 8.91. The fourth-order valence-corrected chi connectivity index (χ4v) is 3.25. The van der Waals surface area contributed by atoms with Crippen LogP contribution in [0, 0.1) is 25.5 Å². The fraction of sp³-hybridized carbons (Fsp3) is 0.263. The second-order valence-corrected chi connectivity index (χ2v) is 7.25. The van der Waals surface area contributed by atoms with E-state index < -0.39 is 22.8 Å². The van der Waals surface area contributed by atoms with Crippen molar-refractivity contribution in [2.24, 2.45) is 0 Å². The third kappa shape index (κ3) is 5.29. The van der Waals surface area contributed by atoms with Gasteiger partial charge in [0.05, 0.1) is 11.8 Å². The molecular formula is C19H20F2N2O2S. The van der Waals surface area contributed by atoms with Crippen molar-refractivity contribution >= 4 is 29.3 Å². The number of anilines is 1. The van der Waals surface area contributed by atoms with Crippen LogP contribution in [0.25, 0.3) is 0 Å². The summed E-state index contributed by atoms with van der Waals surface area (Å²) in [6, 6.07) is 8.73. The molecule has 0 aromatic heterocycles. The van der Waals surface area contributed by atoms with Gasteiger partial charge in [-0.2, -0.15) is 0 Å². The molecule has 0 radical (unpaired) electrons. The second kappa shape index (κ2) is 8.80. The molecule has 0 bridgehead atoms. The number of thioether (sulfide) groups is 1. The van der Waals surface area contributed by atoms with Gasteiger partial charge in [0.25, 0.3) is 0 Å². The highest BCUT2D eigenvalue weighted by Gasteiger charge is 2.18. The first-order valence-electron chi connectivity index (χ1n) is 8.03. The van der Waals surface area contributed by atoms with Gasteiger partial charge in [0.1, 0.15) is 11.6 Å². The van der Waals surface area contributed by atoms with Gasteiger partial charge >= 0.3 is 0 Å². The van der Waals surface area contributed by atoms with Crippen molar-refractivity contribution in [3.05, 3.63) is 59.2 Å². The van der Waals surface area contributed by atoms with Crippen LogP contribution >= 0.6 is 11.8 Å². The van der Waals surface area contributed by atoms with Crippen LogP contribution in [-0.2, 0) is 9.59 Å². The summed E-state index contributed by atoms with van der Waals surface area (Å²) in [5, 5.41) is 4.60. The molecule has 0 saturated carbocycles. The lowest BCUT2D eigenvalue weighted by molar-refractivity contribution is -0.123. The van der Waals surface area contributed by atoms with E-state index in [0.717, 1.165) is 46.8 Å². The Bertz CT molecular complexity index is 807. The average Bonchev–Trinajstić information content (AvgIpc) is 2.59. The quantitative estimate of drug-likeness (QED) is 0.752. The van der Waals surface area contributed by atoms with E-state index in [1.165, 1.54) is 0 Å². The molecule has 0 aliphatic carbocycles. The first-order chi connectivity index (χ1) is 12.3. The number of halogens is 2. The lowest BCUT2D eigenvalue weighted by Crippen LogP contribution is -2.37. The maximum atomic E-state index is 13.6. The zero-order valence-electron chi connectivity index (χ0n) is 14.7. The monoisotopic (exact) mass is 378 g/mol. The average molecular weight is 378 g/mol. The SMILES string of the molecule is Cc1cccc(C)c1NC(=O)CNC(=O)[C@H](C)Sc1cc(F)ccc1F. The Labute approximate surface area is 155 Å². The summed E-state index contributed by atoms with van der Waals surface area (Å²) in [5.74, 6) is -1.96. The molecule has 0 unspecified atom stereocenters. The molecule has 4 nitrogen and oxygen atoms in total. The highest BCUT2D eigenvalue weighted by atomic mass is 32.2. The van der Waals surface area contributed by atoms with Crippen molar-refractivity contribution < 1.29 is 18.4 Å². The molecule has 7 heteroatoms. The largest absolute Gasteiger partial charge is 0.346 e. The number of aryl methyl sites for hydroxylation is 2. The molecule has 2 aromatic rings. The molecule has 2 rings (SSSR count). The molecule has 2 amide bonds. The summed E-state index contributed by atoms with van der Waals surface area (Å²) in [5.41, 5.74) is 2.57. The van der Waals surface area contributed by atoms with Crippen molar-refractivity contribution in [1.29, 1.82) is 0 Å². The van der Waals surface area contributed by atoms with Crippen LogP contribution in [0.5, 0.6) is 0 Å². The van der Waals surface area contributed by atoms with E-state index >= 15 is 0 Å². The molecule has 2 aromatic carbocycles. The molecule has 0 fully saturated rings. The molecule has 0 aliphatic heterocycles. The van der Waals surface area contributed by atoms with Gasteiger partial charge in [-0.25, -0.2) is 8.78 Å². The highest BCUT2D eigenvalue weighted by Crippen LogP contribution is 2.26. The Morgan fingerprint density at radius 3 is 2.42 bits per heavy atom. The minimum absolute atomic E-state index is 0.0487. The predicted molar refractivity (Wildman–Crippen MR) is 99.2 cm³/mol. The van der Waals surface area contributed by atoms with E-state index in [1.54, 1.807) is 6.92 Å². The van der Waals surface area contributed by atoms with Gasteiger partial charge in [-0.1, -0.05) is 18.2 Å². The summed E-state index contributed by atoms with van der Waals surface area (Å²) < 4.78 is 26.8. The molecule has 0 heterocycles. The van der Waals surface area contributed by atoms with Crippen molar-refractivity contribution in [2.45, 2.75) is 30.9 Å². The smallest absolute Gasteiger partial charge is 0.243 e. The van der Waals surface area contributed by atoms with Gasteiger partial charge in [-0.3, -0.25) is 9.59 Å². The maximum absolute atomic E-state index is 13.6. The van der Waals surface area contributed by atoms with Crippen LogP contribution in [0.2, 0.25) is 0 Å². The zero-order chi connectivity index (χ0) is 19.3. The van der Waals surface area contributed by atoms with Crippen LogP contribution in [-0.4, -0.2) is 23.6 Å². The Morgan fingerprint density at radius 1 is 1.12 bits per heavy atom. The summed E-state index contributed by atoms with van der Waals surface area (Å²) in [6.45, 7) is 5.12. The standard InChI is InChI=1S/C19H20F2N2O2S/c1-11-5-4-6-12(2)18(11)23-17(24)10-22-19(25)13(3)26-16-9-14(20)7-8-15(16)21/h4-9,13H,10H2,1-3H3,(H,22,25)(H,23,24)/t13-/m0/s1. The summed E-state index contributed by atoms with van der Waals surface area (Å²) in [7, 11) is 0. The van der Waals surface area contributed by atoms with E-state index in [-0.39, 0.29) is 17.3 Å². The van der Waals surface area contributed by atoms with Crippen molar-refractivity contribution in [3.8, 4) is 0 Å². The third-order valence-corrected chi connectivity index (χ3v) is 4.87. The fourth-order valence-electron chi connectivity index (χ4n) is 2.32. The molecule has 1 atom stereocenters. The van der Waals surface area contributed by atoms with Gasteiger partial charge in [0, 0.05) is 10.6 Å². The summed E-state index contributed by atoms with van der Waals surface area (Å²) in [6.07, 6.45) is 0. The molecule has 138 valence electrons. The van der Waals surface area contributed by atoms with E-state index in [0.29, 0.717) is 0 Å². The summed E-state index contributed by atoms with van der Waals surface area (Å²) >= 11 is 0.894. The van der Waals surface area contributed by atoms with Crippen LogP contribution in [0.1, 0.15) is 18.1 Å². The van der Waals surface area contributed by atoms with Gasteiger partial charge in [-0.15, -0.1) is 11.8 Å². The minimum Gasteiger partial charge on any atom is -0.346 e. The van der Waals surface area contributed by atoms with Crippen molar-refractivity contribution in [2.75, 3.05) is 11.9 Å². The Kier molecular flexibility index (Phi) is 6.74. The number of amides is 2. The number of benzene rings is 2. The molecule has 2 N–H and O–H groups in total. The van der Waals surface area contributed by atoms with E-state index in [9.17, 15) is 18.4 Å². The number of nitrogens with one attached hydrogen (secondary N) is 2. The normalized spacial score (nSPS) is 11.7. The van der Waals surface area contributed by atoms with Gasteiger partial charge in [-0.05, 0) is 50.1 Å². The molecule has 0 spiro atoms. The van der Waals surface area contributed by atoms with Crippen LogP contribution < -0.4 is 10.6 Å². The lowest BCUT2D eigenvalue weighted by Gasteiger charge is -2.14. The third-order valence-electron chi connectivity index (χ3n) is 3.73. The predicted octanol–water partition coefficient (Wildman–Crippen LogP) is 3.82.